The van der Waals surface area contributed by atoms with Gasteiger partial charge in [-0.1, -0.05) is 44.2 Å². The van der Waals surface area contributed by atoms with Crippen molar-refractivity contribution in [2.75, 3.05) is 13.7 Å². The van der Waals surface area contributed by atoms with Gasteiger partial charge in [0, 0.05) is 18.9 Å². The Hall–Kier alpha value is -0.940. The Morgan fingerprint density at radius 3 is 2.52 bits per heavy atom. The SMILES string of the molecule is CO[C@@]1(C)O[C@H](COCc2ccccc2)[C@H](C)[C@H](O)[C@H]1C. The van der Waals surface area contributed by atoms with Crippen LogP contribution in [0.25, 0.3) is 0 Å². The van der Waals surface area contributed by atoms with Crippen LogP contribution in [0.3, 0.4) is 0 Å². The quantitative estimate of drug-likeness (QED) is 0.907. The standard InChI is InChI=1S/C17H26O4/c1-12-15(11-20-10-14-8-6-5-7-9-14)21-17(3,19-4)13(2)16(12)18/h5-9,12-13,15-16,18H,10-11H2,1-4H3/t12-,13+,15+,16-,17-/m0/s1. The predicted molar refractivity (Wildman–Crippen MR) is 80.7 cm³/mol. The van der Waals surface area contributed by atoms with Gasteiger partial charge in [0.25, 0.3) is 0 Å². The minimum Gasteiger partial charge on any atom is -0.392 e. The van der Waals surface area contributed by atoms with E-state index in [0.717, 1.165) is 5.56 Å². The first-order valence-corrected chi connectivity index (χ1v) is 7.50. The maximum Gasteiger partial charge on any atom is 0.170 e. The number of aliphatic hydroxyl groups is 1. The number of methoxy groups -OCH3 is 1. The third-order valence-electron chi connectivity index (χ3n) is 4.65. The summed E-state index contributed by atoms with van der Waals surface area (Å²) in [6.45, 7) is 6.80. The van der Waals surface area contributed by atoms with E-state index in [0.29, 0.717) is 13.2 Å². The number of benzene rings is 1. The minimum absolute atomic E-state index is 0.0130. The van der Waals surface area contributed by atoms with Crippen LogP contribution in [0.5, 0.6) is 0 Å². The fourth-order valence-corrected chi connectivity index (χ4v) is 2.79. The molecule has 0 aliphatic carbocycles. The molecule has 0 bridgehead atoms. The maximum absolute atomic E-state index is 10.4. The Morgan fingerprint density at radius 2 is 1.90 bits per heavy atom. The first-order chi connectivity index (χ1) is 9.98. The summed E-state index contributed by atoms with van der Waals surface area (Å²) in [6, 6.07) is 10.0. The first-order valence-electron chi connectivity index (χ1n) is 7.50. The summed E-state index contributed by atoms with van der Waals surface area (Å²) in [5.41, 5.74) is 1.13. The smallest absolute Gasteiger partial charge is 0.170 e. The summed E-state index contributed by atoms with van der Waals surface area (Å²) < 4.78 is 17.3. The van der Waals surface area contributed by atoms with Crippen LogP contribution in [0.2, 0.25) is 0 Å². The molecule has 1 aliphatic heterocycles. The molecular weight excluding hydrogens is 268 g/mol. The lowest BCUT2D eigenvalue weighted by molar-refractivity contribution is -0.324. The highest BCUT2D eigenvalue weighted by Gasteiger charge is 2.48. The zero-order valence-electron chi connectivity index (χ0n) is 13.3. The van der Waals surface area contributed by atoms with Gasteiger partial charge in [-0.25, -0.2) is 0 Å². The van der Waals surface area contributed by atoms with Crippen molar-refractivity contribution in [2.24, 2.45) is 11.8 Å². The largest absolute Gasteiger partial charge is 0.392 e. The van der Waals surface area contributed by atoms with Crippen molar-refractivity contribution in [1.29, 1.82) is 0 Å². The zero-order valence-corrected chi connectivity index (χ0v) is 13.3. The van der Waals surface area contributed by atoms with Crippen LogP contribution in [0.1, 0.15) is 26.3 Å². The molecule has 1 aromatic carbocycles. The van der Waals surface area contributed by atoms with Gasteiger partial charge >= 0.3 is 0 Å². The minimum atomic E-state index is -0.771. The second kappa shape index (κ2) is 6.88. The molecule has 0 radical (unpaired) electrons. The first kappa shape index (κ1) is 16.4. The number of hydrogen-bond acceptors (Lipinski definition) is 4. The Balaban J connectivity index is 1.92. The van der Waals surface area contributed by atoms with E-state index in [1.807, 2.05) is 51.1 Å². The van der Waals surface area contributed by atoms with Crippen molar-refractivity contribution in [2.45, 2.75) is 45.4 Å². The van der Waals surface area contributed by atoms with E-state index < -0.39 is 11.9 Å². The van der Waals surface area contributed by atoms with Gasteiger partial charge in [-0.3, -0.25) is 0 Å². The molecule has 1 heterocycles. The molecule has 2 rings (SSSR count). The van der Waals surface area contributed by atoms with E-state index in [1.54, 1.807) is 7.11 Å². The Bertz CT molecular complexity index is 436. The van der Waals surface area contributed by atoms with E-state index in [4.69, 9.17) is 14.2 Å². The van der Waals surface area contributed by atoms with E-state index in [-0.39, 0.29) is 17.9 Å². The molecule has 0 unspecified atom stereocenters. The topological polar surface area (TPSA) is 47.9 Å². The normalized spacial score (nSPS) is 36.6. The van der Waals surface area contributed by atoms with Crippen LogP contribution in [0.4, 0.5) is 0 Å². The zero-order chi connectivity index (χ0) is 15.5. The molecule has 1 saturated heterocycles. The van der Waals surface area contributed by atoms with Crippen LogP contribution < -0.4 is 0 Å². The highest BCUT2D eigenvalue weighted by atomic mass is 16.7. The van der Waals surface area contributed by atoms with Crippen molar-refractivity contribution in [3.05, 3.63) is 35.9 Å². The van der Waals surface area contributed by atoms with Gasteiger partial charge in [0.2, 0.25) is 0 Å². The maximum atomic E-state index is 10.4. The van der Waals surface area contributed by atoms with E-state index >= 15 is 0 Å². The summed E-state index contributed by atoms with van der Waals surface area (Å²) in [5.74, 6) is -0.839. The van der Waals surface area contributed by atoms with Gasteiger partial charge in [0.05, 0.1) is 25.4 Å². The molecule has 0 amide bonds. The highest BCUT2D eigenvalue weighted by Crippen LogP contribution is 2.37. The number of aliphatic hydroxyl groups excluding tert-OH is 1. The van der Waals surface area contributed by atoms with Gasteiger partial charge in [0.15, 0.2) is 5.79 Å². The molecule has 4 heteroatoms. The molecule has 1 aromatic rings. The lowest BCUT2D eigenvalue weighted by atomic mass is 9.81. The lowest BCUT2D eigenvalue weighted by Gasteiger charge is -2.48. The Labute approximate surface area is 127 Å². The van der Waals surface area contributed by atoms with Crippen molar-refractivity contribution in [3.63, 3.8) is 0 Å². The van der Waals surface area contributed by atoms with E-state index in [1.165, 1.54) is 0 Å². The lowest BCUT2D eigenvalue weighted by Crippen LogP contribution is -2.57. The van der Waals surface area contributed by atoms with E-state index in [9.17, 15) is 5.11 Å². The predicted octanol–water partition coefficient (Wildman–Crippen LogP) is 2.60. The molecule has 21 heavy (non-hydrogen) atoms. The van der Waals surface area contributed by atoms with Gasteiger partial charge in [-0.2, -0.15) is 0 Å². The molecular formula is C17H26O4. The van der Waals surface area contributed by atoms with Gasteiger partial charge in [-0.05, 0) is 12.5 Å². The highest BCUT2D eigenvalue weighted by molar-refractivity contribution is 5.13. The summed E-state index contributed by atoms with van der Waals surface area (Å²) >= 11 is 0. The molecule has 118 valence electrons. The third-order valence-corrected chi connectivity index (χ3v) is 4.65. The molecule has 4 nitrogen and oxygen atoms in total. The average Bonchev–Trinajstić information content (AvgIpc) is 2.51. The molecule has 1 fully saturated rings. The molecule has 0 saturated carbocycles. The van der Waals surface area contributed by atoms with Gasteiger partial charge < -0.3 is 19.3 Å². The number of ether oxygens (including phenoxy) is 3. The average molecular weight is 294 g/mol. The molecule has 0 spiro atoms. The fourth-order valence-electron chi connectivity index (χ4n) is 2.79. The Kier molecular flexibility index (Phi) is 5.38. The summed E-state index contributed by atoms with van der Waals surface area (Å²) in [7, 11) is 1.61. The second-order valence-electron chi connectivity index (χ2n) is 6.02. The van der Waals surface area contributed by atoms with Crippen molar-refractivity contribution >= 4 is 0 Å². The van der Waals surface area contributed by atoms with Gasteiger partial charge in [0.1, 0.15) is 0 Å². The summed E-state index contributed by atoms with van der Waals surface area (Å²) in [6.07, 6.45) is -0.640. The molecule has 1 aliphatic rings. The second-order valence-corrected chi connectivity index (χ2v) is 6.02. The summed E-state index contributed by atoms with van der Waals surface area (Å²) in [4.78, 5) is 0. The Morgan fingerprint density at radius 1 is 1.24 bits per heavy atom. The van der Waals surface area contributed by atoms with Crippen molar-refractivity contribution in [3.8, 4) is 0 Å². The van der Waals surface area contributed by atoms with Crippen LogP contribution in [0.15, 0.2) is 30.3 Å². The fraction of sp³-hybridized carbons (Fsp3) is 0.647. The van der Waals surface area contributed by atoms with Crippen molar-refractivity contribution in [1.82, 2.24) is 0 Å². The number of hydrogen-bond donors (Lipinski definition) is 1. The van der Waals surface area contributed by atoms with Crippen LogP contribution in [0, 0.1) is 11.8 Å². The monoisotopic (exact) mass is 294 g/mol. The number of rotatable bonds is 5. The van der Waals surface area contributed by atoms with Crippen LogP contribution in [-0.4, -0.2) is 36.8 Å². The van der Waals surface area contributed by atoms with Crippen molar-refractivity contribution < 1.29 is 19.3 Å². The van der Waals surface area contributed by atoms with Crippen LogP contribution in [-0.2, 0) is 20.8 Å². The molecule has 5 atom stereocenters. The van der Waals surface area contributed by atoms with E-state index in [2.05, 4.69) is 0 Å². The summed E-state index contributed by atoms with van der Waals surface area (Å²) in [5, 5.41) is 10.4. The van der Waals surface area contributed by atoms with Gasteiger partial charge in [-0.15, -0.1) is 0 Å². The molecule has 1 N–H and O–H groups in total. The molecule has 0 aromatic heterocycles. The van der Waals surface area contributed by atoms with Crippen LogP contribution >= 0.6 is 0 Å². The third kappa shape index (κ3) is 3.64.